The fraction of sp³-hybridized carbons (Fsp3) is 0.286. The Kier molecular flexibility index (Phi) is 5.13. The van der Waals surface area contributed by atoms with Crippen molar-refractivity contribution >= 4 is 11.6 Å². The van der Waals surface area contributed by atoms with Gasteiger partial charge in [-0.1, -0.05) is 18.2 Å². The summed E-state index contributed by atoms with van der Waals surface area (Å²) >= 11 is 0. The molecule has 0 saturated carbocycles. The van der Waals surface area contributed by atoms with E-state index in [-0.39, 0.29) is 17.8 Å². The van der Waals surface area contributed by atoms with Gasteiger partial charge in [-0.3, -0.25) is 9.36 Å². The van der Waals surface area contributed by atoms with E-state index in [0.29, 0.717) is 24.5 Å². The first-order valence-electron chi connectivity index (χ1n) is 9.72. The van der Waals surface area contributed by atoms with Crippen LogP contribution in [0.3, 0.4) is 0 Å². The molecule has 8 nitrogen and oxygen atoms in total. The van der Waals surface area contributed by atoms with Crippen molar-refractivity contribution in [1.29, 1.82) is 0 Å². The number of aryl methyl sites for hydroxylation is 2. The summed E-state index contributed by atoms with van der Waals surface area (Å²) in [6.45, 7) is 2.55. The van der Waals surface area contributed by atoms with E-state index in [9.17, 15) is 19.1 Å². The Morgan fingerprint density at radius 1 is 1.33 bits per heavy atom. The van der Waals surface area contributed by atoms with E-state index in [2.05, 4.69) is 10.4 Å². The summed E-state index contributed by atoms with van der Waals surface area (Å²) in [7, 11) is 0. The Morgan fingerprint density at radius 3 is 2.87 bits per heavy atom. The Bertz CT molecular complexity index is 1200. The number of carbonyl (C=O) groups excluding carboxylic acids is 1. The lowest BCUT2D eigenvalue weighted by Crippen LogP contribution is -2.26. The second-order valence-electron chi connectivity index (χ2n) is 7.31. The fourth-order valence-corrected chi connectivity index (χ4v) is 3.71. The molecule has 4 N–H and O–H groups in total. The number of amides is 1. The van der Waals surface area contributed by atoms with E-state index in [0.717, 1.165) is 40.8 Å². The summed E-state index contributed by atoms with van der Waals surface area (Å²) in [6.07, 6.45) is 2.40. The Hall–Kier alpha value is -3.46. The van der Waals surface area contributed by atoms with Crippen molar-refractivity contribution in [2.24, 2.45) is 5.73 Å². The number of aromatic nitrogens is 3. The first kappa shape index (κ1) is 19.8. The number of fused-ring (bicyclic) bond motifs is 1. The third kappa shape index (κ3) is 3.37. The van der Waals surface area contributed by atoms with E-state index >= 15 is 0 Å². The van der Waals surface area contributed by atoms with Crippen LogP contribution in [0, 0.1) is 12.7 Å². The number of aromatic hydroxyl groups is 1. The smallest absolute Gasteiger partial charge is 0.350 e. The molecule has 1 aliphatic heterocycles. The van der Waals surface area contributed by atoms with Crippen LogP contribution in [0.15, 0.2) is 35.1 Å². The highest BCUT2D eigenvalue weighted by molar-refractivity contribution is 6.07. The summed E-state index contributed by atoms with van der Waals surface area (Å²) in [5.41, 5.74) is 6.84. The monoisotopic (exact) mass is 411 g/mol. The second-order valence-corrected chi connectivity index (χ2v) is 7.31. The Morgan fingerprint density at radius 2 is 2.13 bits per heavy atom. The van der Waals surface area contributed by atoms with Gasteiger partial charge in [-0.25, -0.2) is 9.18 Å². The van der Waals surface area contributed by atoms with Gasteiger partial charge in [0, 0.05) is 31.3 Å². The van der Waals surface area contributed by atoms with Gasteiger partial charge in [0.15, 0.2) is 0 Å². The summed E-state index contributed by atoms with van der Waals surface area (Å²) in [6, 6.07) is 7.36. The molecule has 1 aliphatic rings. The van der Waals surface area contributed by atoms with Crippen molar-refractivity contribution in [3.8, 4) is 11.4 Å². The minimum absolute atomic E-state index is 0.200. The van der Waals surface area contributed by atoms with Crippen LogP contribution in [0.5, 0.6) is 5.75 Å². The molecule has 0 radical (unpaired) electrons. The van der Waals surface area contributed by atoms with Gasteiger partial charge in [-0.05, 0) is 37.0 Å². The average molecular weight is 411 g/mol. The van der Waals surface area contributed by atoms with Crippen molar-refractivity contribution in [3.63, 3.8) is 0 Å². The Labute approximate surface area is 171 Å². The molecule has 156 valence electrons. The lowest BCUT2D eigenvalue weighted by Gasteiger charge is -2.14. The maximum absolute atomic E-state index is 14.9. The molecule has 2 heterocycles. The molecule has 0 atom stereocenters. The average Bonchev–Trinajstić information content (AvgIpc) is 3.07. The van der Waals surface area contributed by atoms with Crippen molar-refractivity contribution in [1.82, 2.24) is 14.3 Å². The molecule has 2 aromatic carbocycles. The number of phenols is 1. The summed E-state index contributed by atoms with van der Waals surface area (Å²) < 4.78 is 17.3. The number of para-hydroxylation sites is 1. The van der Waals surface area contributed by atoms with Gasteiger partial charge in [-0.15, -0.1) is 5.10 Å². The van der Waals surface area contributed by atoms with Crippen LogP contribution < -0.4 is 16.7 Å². The number of nitrogens with one attached hydrogen (secondary N) is 1. The second kappa shape index (κ2) is 7.75. The molecule has 3 aromatic rings. The predicted octanol–water partition coefficient (Wildman–Crippen LogP) is 2.23. The van der Waals surface area contributed by atoms with E-state index in [1.807, 2.05) is 19.1 Å². The number of halogens is 1. The van der Waals surface area contributed by atoms with Gasteiger partial charge in [-0.2, -0.15) is 4.68 Å². The lowest BCUT2D eigenvalue weighted by atomic mass is 10.1. The highest BCUT2D eigenvalue weighted by Gasteiger charge is 2.23. The van der Waals surface area contributed by atoms with Crippen LogP contribution in [0.4, 0.5) is 10.1 Å². The summed E-state index contributed by atoms with van der Waals surface area (Å²) in [5, 5.41) is 17.3. The number of hydrogen-bond donors (Lipinski definition) is 3. The van der Waals surface area contributed by atoms with Gasteiger partial charge in [0.2, 0.25) is 0 Å². The first-order chi connectivity index (χ1) is 14.4. The number of phenolic OH excluding ortho intramolecular Hbond substituents is 1. The fourth-order valence-electron chi connectivity index (χ4n) is 3.71. The zero-order valence-electron chi connectivity index (χ0n) is 16.5. The maximum Gasteiger partial charge on any atom is 0.350 e. The normalized spacial score (nSPS) is 13.2. The molecule has 1 aromatic heterocycles. The van der Waals surface area contributed by atoms with Crippen molar-refractivity contribution < 1.29 is 14.3 Å². The maximum atomic E-state index is 14.9. The minimum Gasteiger partial charge on any atom is -0.507 e. The third-order valence-electron chi connectivity index (χ3n) is 5.33. The largest absolute Gasteiger partial charge is 0.507 e. The molecular weight excluding hydrogens is 389 g/mol. The molecule has 0 saturated heterocycles. The number of anilines is 1. The highest BCUT2D eigenvalue weighted by Crippen LogP contribution is 2.27. The van der Waals surface area contributed by atoms with Crippen LogP contribution in [-0.4, -0.2) is 25.4 Å². The van der Waals surface area contributed by atoms with Gasteiger partial charge in [0.05, 0.1) is 5.56 Å². The third-order valence-corrected chi connectivity index (χ3v) is 5.33. The quantitative estimate of drug-likeness (QED) is 0.609. The number of benzene rings is 2. The van der Waals surface area contributed by atoms with Crippen molar-refractivity contribution in [2.75, 3.05) is 5.32 Å². The number of hydrogen-bond acceptors (Lipinski definition) is 5. The van der Waals surface area contributed by atoms with Crippen LogP contribution in [0.1, 0.15) is 40.2 Å². The van der Waals surface area contributed by atoms with Crippen LogP contribution in [0.25, 0.3) is 5.69 Å². The van der Waals surface area contributed by atoms with E-state index in [4.69, 9.17) is 5.73 Å². The zero-order chi connectivity index (χ0) is 21.4. The summed E-state index contributed by atoms with van der Waals surface area (Å²) in [5.74, 6) is -1.39. The molecule has 30 heavy (non-hydrogen) atoms. The minimum atomic E-state index is -0.834. The van der Waals surface area contributed by atoms with Gasteiger partial charge in [0.1, 0.15) is 23.1 Å². The van der Waals surface area contributed by atoms with Gasteiger partial charge < -0.3 is 16.2 Å². The van der Waals surface area contributed by atoms with Crippen LogP contribution >= 0.6 is 0 Å². The Balaban J connectivity index is 1.70. The number of carbonyl (C=O) groups is 1. The molecule has 1 amide bonds. The van der Waals surface area contributed by atoms with Crippen molar-refractivity contribution in [2.45, 2.75) is 39.3 Å². The topological polar surface area (TPSA) is 115 Å². The van der Waals surface area contributed by atoms with Gasteiger partial charge in [0.25, 0.3) is 5.91 Å². The van der Waals surface area contributed by atoms with E-state index < -0.39 is 23.2 Å². The van der Waals surface area contributed by atoms with Crippen LogP contribution in [-0.2, 0) is 19.5 Å². The molecule has 9 heteroatoms. The summed E-state index contributed by atoms with van der Waals surface area (Å²) in [4.78, 5) is 25.3. The highest BCUT2D eigenvalue weighted by atomic mass is 19.1. The number of nitrogens with two attached hydrogens (primary N) is 1. The van der Waals surface area contributed by atoms with E-state index in [1.54, 1.807) is 6.07 Å². The molecule has 0 spiro atoms. The molecule has 0 aliphatic carbocycles. The van der Waals surface area contributed by atoms with Crippen molar-refractivity contribution in [3.05, 3.63) is 69.1 Å². The molecule has 0 fully saturated rings. The zero-order valence-corrected chi connectivity index (χ0v) is 16.5. The van der Waals surface area contributed by atoms with Gasteiger partial charge >= 0.3 is 5.69 Å². The molecule has 4 rings (SSSR count). The van der Waals surface area contributed by atoms with Crippen LogP contribution in [0.2, 0.25) is 0 Å². The number of rotatable bonds is 4. The molecule has 0 bridgehead atoms. The molecular formula is C21H22FN5O3. The van der Waals surface area contributed by atoms with E-state index in [1.165, 1.54) is 4.57 Å². The lowest BCUT2D eigenvalue weighted by molar-refractivity contribution is 0.102. The predicted molar refractivity (Wildman–Crippen MR) is 109 cm³/mol. The molecule has 0 unspecified atom stereocenters. The first-order valence-corrected chi connectivity index (χ1v) is 9.72. The number of nitrogens with zero attached hydrogens (tertiary/aromatic N) is 3. The standard InChI is InChI=1S/C21H22FN5O3/c1-12-5-4-6-13(11-23)19(12)24-20(29)14-9-15(22)16(10-17(14)28)27-21(30)26-8-3-2-7-18(26)25-27/h4-6,9-10,28H,2-3,7-8,11,23H2,1H3,(H,24,29). The SMILES string of the molecule is Cc1cccc(CN)c1NC(=O)c1cc(F)c(-n2nc3n(c2=O)CCCC3)cc1O.